The van der Waals surface area contributed by atoms with Crippen molar-refractivity contribution >= 4 is 47.8 Å². The summed E-state index contributed by atoms with van der Waals surface area (Å²) in [5, 5.41) is 3.23. The third-order valence-electron chi connectivity index (χ3n) is 5.54. The number of nitrogens with two attached hydrogens (primary N) is 1. The van der Waals surface area contributed by atoms with Crippen LogP contribution in [0.15, 0.2) is 28.7 Å². The third kappa shape index (κ3) is 5.06. The van der Waals surface area contributed by atoms with Crippen LogP contribution in [-0.4, -0.2) is 36.1 Å². The summed E-state index contributed by atoms with van der Waals surface area (Å²) in [5.74, 6) is 0.300. The first-order valence-electron chi connectivity index (χ1n) is 9.35. The van der Waals surface area contributed by atoms with Gasteiger partial charge in [-0.2, -0.15) is 4.98 Å². The fourth-order valence-electron chi connectivity index (χ4n) is 3.91. The van der Waals surface area contributed by atoms with Crippen molar-refractivity contribution < 1.29 is 9.21 Å². The number of carbonyl (C=O) groups excluding carboxylic acids is 1. The van der Waals surface area contributed by atoms with Crippen molar-refractivity contribution in [2.75, 3.05) is 18.0 Å². The van der Waals surface area contributed by atoms with E-state index in [1.165, 1.54) is 0 Å². The molecule has 0 spiro atoms. The lowest BCUT2D eigenvalue weighted by molar-refractivity contribution is -0.126. The van der Waals surface area contributed by atoms with Gasteiger partial charge in [0.05, 0.1) is 0 Å². The molecule has 2 aliphatic rings. The molecule has 1 saturated heterocycles. The monoisotopic (exact) mass is 414 g/mol. The predicted octanol–water partition coefficient (Wildman–Crippen LogP) is 3.27. The van der Waals surface area contributed by atoms with Crippen LogP contribution in [0.2, 0.25) is 0 Å². The number of fused-ring (bicyclic) bond motifs is 1. The van der Waals surface area contributed by atoms with E-state index in [0.717, 1.165) is 62.7 Å². The molecule has 1 aromatic carbocycles. The van der Waals surface area contributed by atoms with Crippen LogP contribution in [0.4, 0.5) is 6.01 Å². The van der Waals surface area contributed by atoms with Crippen LogP contribution >= 0.6 is 24.8 Å². The van der Waals surface area contributed by atoms with Gasteiger partial charge >= 0.3 is 0 Å². The minimum Gasteiger partial charge on any atom is -0.423 e. The molecule has 3 N–H and O–H groups in total. The van der Waals surface area contributed by atoms with Crippen molar-refractivity contribution in [2.45, 2.75) is 50.6 Å². The van der Waals surface area contributed by atoms with E-state index in [1.807, 2.05) is 24.3 Å². The molecular formula is C19H28Cl2N4O2. The predicted molar refractivity (Wildman–Crippen MR) is 112 cm³/mol. The van der Waals surface area contributed by atoms with Crippen molar-refractivity contribution in [1.29, 1.82) is 0 Å². The van der Waals surface area contributed by atoms with Gasteiger partial charge in [0.1, 0.15) is 5.52 Å². The summed E-state index contributed by atoms with van der Waals surface area (Å²) in [5.41, 5.74) is 7.63. The smallest absolute Gasteiger partial charge is 0.298 e. The highest BCUT2D eigenvalue weighted by atomic mass is 35.5. The zero-order valence-corrected chi connectivity index (χ0v) is 16.9. The summed E-state index contributed by atoms with van der Waals surface area (Å²) in [6.45, 7) is 1.61. The molecule has 8 heteroatoms. The van der Waals surface area contributed by atoms with Gasteiger partial charge in [-0.05, 0) is 50.7 Å². The van der Waals surface area contributed by atoms with Crippen LogP contribution in [0.1, 0.15) is 38.5 Å². The Balaban J connectivity index is 0.00000131. The van der Waals surface area contributed by atoms with Gasteiger partial charge < -0.3 is 20.4 Å². The average molecular weight is 415 g/mol. The molecule has 27 heavy (non-hydrogen) atoms. The van der Waals surface area contributed by atoms with Gasteiger partial charge in [-0.1, -0.05) is 12.1 Å². The van der Waals surface area contributed by atoms with Crippen LogP contribution in [0.5, 0.6) is 0 Å². The van der Waals surface area contributed by atoms with E-state index in [0.29, 0.717) is 18.1 Å². The molecule has 1 saturated carbocycles. The average Bonchev–Trinajstić information content (AvgIpc) is 3.08. The van der Waals surface area contributed by atoms with Gasteiger partial charge in [0.2, 0.25) is 5.91 Å². The first kappa shape index (κ1) is 21.8. The summed E-state index contributed by atoms with van der Waals surface area (Å²) in [6, 6.07) is 9.09. The molecular weight excluding hydrogens is 387 g/mol. The van der Waals surface area contributed by atoms with Gasteiger partial charge in [-0.25, -0.2) is 0 Å². The first-order valence-corrected chi connectivity index (χ1v) is 9.35. The fraction of sp³-hybridized carbons (Fsp3) is 0.579. The molecule has 1 aromatic heterocycles. The second kappa shape index (κ2) is 9.62. The Morgan fingerprint density at radius 2 is 1.74 bits per heavy atom. The van der Waals surface area contributed by atoms with E-state index in [9.17, 15) is 4.79 Å². The van der Waals surface area contributed by atoms with Crippen molar-refractivity contribution in [3.8, 4) is 0 Å². The number of anilines is 1. The molecule has 150 valence electrons. The molecule has 2 heterocycles. The molecule has 0 atom stereocenters. The molecule has 2 aromatic rings. The molecule has 6 nitrogen and oxygen atoms in total. The highest BCUT2D eigenvalue weighted by Gasteiger charge is 2.29. The molecule has 0 bridgehead atoms. The standard InChI is InChI=1S/C19H26N4O2.2ClH/c20-14-5-7-15(8-6-14)21-18(24)13-9-11-23(12-10-13)19-22-16-3-1-2-4-17(16)25-19;;/h1-4,13-15H,5-12,20H2,(H,21,24);2*1H. The van der Waals surface area contributed by atoms with Gasteiger partial charge in [-0.3, -0.25) is 4.79 Å². The van der Waals surface area contributed by atoms with E-state index >= 15 is 0 Å². The van der Waals surface area contributed by atoms with Gasteiger partial charge in [-0.15, -0.1) is 24.8 Å². The molecule has 0 radical (unpaired) electrons. The summed E-state index contributed by atoms with van der Waals surface area (Å²) >= 11 is 0. The van der Waals surface area contributed by atoms with Crippen molar-refractivity contribution in [3.63, 3.8) is 0 Å². The zero-order chi connectivity index (χ0) is 17.2. The van der Waals surface area contributed by atoms with E-state index in [2.05, 4.69) is 15.2 Å². The van der Waals surface area contributed by atoms with Gasteiger partial charge in [0, 0.05) is 31.1 Å². The maximum absolute atomic E-state index is 12.5. The zero-order valence-electron chi connectivity index (χ0n) is 15.3. The minimum absolute atomic E-state index is 0. The highest BCUT2D eigenvalue weighted by molar-refractivity contribution is 5.85. The summed E-state index contributed by atoms with van der Waals surface area (Å²) < 4.78 is 5.84. The normalized spacial score (nSPS) is 23.4. The van der Waals surface area contributed by atoms with Crippen LogP contribution in [-0.2, 0) is 4.79 Å². The fourth-order valence-corrected chi connectivity index (χ4v) is 3.91. The number of benzene rings is 1. The number of oxazole rings is 1. The Morgan fingerprint density at radius 3 is 2.41 bits per heavy atom. The first-order chi connectivity index (χ1) is 12.2. The number of para-hydroxylation sites is 2. The quantitative estimate of drug-likeness (QED) is 0.804. The maximum Gasteiger partial charge on any atom is 0.298 e. The number of piperidine rings is 1. The van der Waals surface area contributed by atoms with Gasteiger partial charge in [0.25, 0.3) is 6.01 Å². The Labute approximate surface area is 172 Å². The SMILES string of the molecule is Cl.Cl.NC1CCC(NC(=O)C2CCN(c3nc4ccccc4o3)CC2)CC1. The van der Waals surface area contributed by atoms with Crippen LogP contribution in [0, 0.1) is 5.92 Å². The van der Waals surface area contributed by atoms with Crippen LogP contribution < -0.4 is 16.0 Å². The molecule has 1 aliphatic carbocycles. The van der Waals surface area contributed by atoms with Crippen LogP contribution in [0.3, 0.4) is 0 Å². The van der Waals surface area contributed by atoms with E-state index < -0.39 is 0 Å². The van der Waals surface area contributed by atoms with E-state index in [1.54, 1.807) is 0 Å². The molecule has 4 rings (SSSR count). The van der Waals surface area contributed by atoms with Crippen molar-refractivity contribution in [2.24, 2.45) is 11.7 Å². The van der Waals surface area contributed by atoms with Crippen LogP contribution in [0.25, 0.3) is 11.1 Å². The number of hydrogen-bond donors (Lipinski definition) is 2. The molecule has 2 fully saturated rings. The summed E-state index contributed by atoms with van der Waals surface area (Å²) in [7, 11) is 0. The molecule has 0 unspecified atom stereocenters. The summed E-state index contributed by atoms with van der Waals surface area (Å²) in [4.78, 5) is 19.2. The Morgan fingerprint density at radius 1 is 1.07 bits per heavy atom. The lowest BCUT2D eigenvalue weighted by Crippen LogP contribution is -2.46. The topological polar surface area (TPSA) is 84.4 Å². The Hall–Kier alpha value is -1.50. The largest absolute Gasteiger partial charge is 0.423 e. The van der Waals surface area contributed by atoms with Crippen molar-refractivity contribution in [3.05, 3.63) is 24.3 Å². The number of aromatic nitrogens is 1. The number of amides is 1. The number of carbonyl (C=O) groups is 1. The number of rotatable bonds is 3. The lowest BCUT2D eigenvalue weighted by Gasteiger charge is -2.32. The van der Waals surface area contributed by atoms with E-state index in [-0.39, 0.29) is 36.6 Å². The lowest BCUT2D eigenvalue weighted by atomic mass is 9.90. The Kier molecular flexibility index (Phi) is 7.77. The number of nitrogens with zero attached hydrogens (tertiary/aromatic N) is 2. The van der Waals surface area contributed by atoms with Gasteiger partial charge in [0.15, 0.2) is 5.58 Å². The molecule has 1 aliphatic heterocycles. The van der Waals surface area contributed by atoms with E-state index in [4.69, 9.17) is 10.2 Å². The summed E-state index contributed by atoms with van der Waals surface area (Å²) in [6.07, 6.45) is 5.74. The maximum atomic E-state index is 12.5. The number of hydrogen-bond acceptors (Lipinski definition) is 5. The van der Waals surface area contributed by atoms with Crippen molar-refractivity contribution in [1.82, 2.24) is 10.3 Å². The second-order valence-corrected chi connectivity index (χ2v) is 7.35. The Bertz CT molecular complexity index is 705. The molecule has 1 amide bonds. The number of nitrogens with one attached hydrogen (secondary N) is 1. The number of halogens is 2. The third-order valence-corrected chi connectivity index (χ3v) is 5.54. The highest BCUT2D eigenvalue weighted by Crippen LogP contribution is 2.27. The minimum atomic E-state index is 0. The second-order valence-electron chi connectivity index (χ2n) is 7.35.